The second-order valence-electron chi connectivity index (χ2n) is 6.44. The zero-order chi connectivity index (χ0) is 19.6. The molecule has 8 heteroatoms. The van der Waals surface area contributed by atoms with Gasteiger partial charge in [0.25, 0.3) is 5.91 Å². The Kier molecular flexibility index (Phi) is 6.09. The van der Waals surface area contributed by atoms with E-state index >= 15 is 0 Å². The van der Waals surface area contributed by atoms with Crippen molar-refractivity contribution in [3.8, 4) is 5.75 Å². The van der Waals surface area contributed by atoms with Crippen LogP contribution in [0.15, 0.2) is 40.4 Å². The molecule has 1 saturated heterocycles. The minimum Gasteiger partial charge on any atom is -0.484 e. The summed E-state index contributed by atoms with van der Waals surface area (Å²) in [5.74, 6) is 1.75. The highest BCUT2D eigenvalue weighted by atomic mass is 35.5. The summed E-state index contributed by atoms with van der Waals surface area (Å²) in [5.41, 5.74) is 0.389. The quantitative estimate of drug-likeness (QED) is 0.528. The van der Waals surface area contributed by atoms with Gasteiger partial charge in [0, 0.05) is 12.6 Å². The van der Waals surface area contributed by atoms with Crippen molar-refractivity contribution in [1.82, 2.24) is 10.2 Å². The number of carbonyl (C=O) groups is 1. The van der Waals surface area contributed by atoms with E-state index < -0.39 is 0 Å². The van der Waals surface area contributed by atoms with Gasteiger partial charge in [-0.1, -0.05) is 43.1 Å². The number of nitrogens with one attached hydrogen (secondary N) is 1. The van der Waals surface area contributed by atoms with Gasteiger partial charge in [0.1, 0.15) is 34.6 Å². The summed E-state index contributed by atoms with van der Waals surface area (Å²) < 4.78 is 11.3. The van der Waals surface area contributed by atoms with Gasteiger partial charge < -0.3 is 14.5 Å². The number of carbonyl (C=O) groups excluding carboxylic acids is 1. The van der Waals surface area contributed by atoms with Gasteiger partial charge >= 0.3 is 0 Å². The van der Waals surface area contributed by atoms with Crippen LogP contribution in [0.3, 0.4) is 0 Å². The van der Waals surface area contributed by atoms with E-state index in [1.807, 2.05) is 13.8 Å². The van der Waals surface area contributed by atoms with E-state index in [4.69, 9.17) is 44.6 Å². The largest absolute Gasteiger partial charge is 0.484 e. The van der Waals surface area contributed by atoms with E-state index in [2.05, 4.69) is 5.32 Å². The highest BCUT2D eigenvalue weighted by molar-refractivity contribution is 7.80. The van der Waals surface area contributed by atoms with Crippen molar-refractivity contribution >= 4 is 52.5 Å². The molecule has 3 rings (SSSR count). The molecule has 0 radical (unpaired) electrons. The average molecular weight is 425 g/mol. The predicted octanol–water partition coefficient (Wildman–Crippen LogP) is 4.88. The minimum atomic E-state index is -0.159. The van der Waals surface area contributed by atoms with E-state index in [1.165, 1.54) is 0 Å². The summed E-state index contributed by atoms with van der Waals surface area (Å²) in [6.45, 7) is 4.81. The third-order valence-electron chi connectivity index (χ3n) is 3.77. The molecule has 2 aromatic rings. The molecule has 0 spiro atoms. The van der Waals surface area contributed by atoms with E-state index in [0.717, 1.165) is 0 Å². The molecule has 1 aliphatic heterocycles. The maximum Gasteiger partial charge on any atom is 0.276 e. The molecule has 0 unspecified atom stereocenters. The Hall–Kier alpha value is -2.02. The minimum absolute atomic E-state index is 0.159. The monoisotopic (exact) mass is 424 g/mol. The third-order valence-corrected chi connectivity index (χ3v) is 4.89. The van der Waals surface area contributed by atoms with Crippen molar-refractivity contribution < 1.29 is 13.9 Å². The van der Waals surface area contributed by atoms with Crippen LogP contribution < -0.4 is 10.1 Å². The van der Waals surface area contributed by atoms with Crippen molar-refractivity contribution in [2.75, 3.05) is 6.54 Å². The first-order chi connectivity index (χ1) is 12.8. The number of furan rings is 1. The first kappa shape index (κ1) is 19.7. The van der Waals surface area contributed by atoms with Crippen LogP contribution in [0.25, 0.3) is 6.08 Å². The van der Waals surface area contributed by atoms with Crippen molar-refractivity contribution in [2.45, 2.75) is 20.5 Å². The molecule has 1 fully saturated rings. The Morgan fingerprint density at radius 1 is 1.30 bits per heavy atom. The van der Waals surface area contributed by atoms with Gasteiger partial charge in [-0.2, -0.15) is 0 Å². The van der Waals surface area contributed by atoms with Crippen molar-refractivity contribution in [1.29, 1.82) is 0 Å². The molecule has 0 bridgehead atoms. The maximum atomic E-state index is 12.5. The molecule has 0 saturated carbocycles. The molecular weight excluding hydrogens is 407 g/mol. The van der Waals surface area contributed by atoms with Gasteiger partial charge in [-0.15, -0.1) is 0 Å². The van der Waals surface area contributed by atoms with E-state index in [0.29, 0.717) is 50.6 Å². The molecule has 1 aromatic carbocycles. The second-order valence-corrected chi connectivity index (χ2v) is 7.61. The van der Waals surface area contributed by atoms with Crippen LogP contribution in [0, 0.1) is 5.92 Å². The number of rotatable bonds is 6. The molecule has 0 atom stereocenters. The summed E-state index contributed by atoms with van der Waals surface area (Å²) in [7, 11) is 0. The number of ether oxygens (including phenoxy) is 1. The number of thiocarbonyl (C=S) groups is 1. The SMILES string of the molecule is CC(C)CN1C(=O)/C(=C\c2ccc(COc3cccc(Cl)c3Cl)o2)NC1=S. The normalized spacial score (nSPS) is 15.7. The molecule has 1 aromatic heterocycles. The maximum absolute atomic E-state index is 12.5. The van der Waals surface area contributed by atoms with Gasteiger partial charge in [-0.25, -0.2) is 0 Å². The van der Waals surface area contributed by atoms with Crippen LogP contribution in [-0.4, -0.2) is 22.5 Å². The van der Waals surface area contributed by atoms with Crippen LogP contribution >= 0.6 is 35.4 Å². The van der Waals surface area contributed by atoms with Gasteiger partial charge in [-0.3, -0.25) is 9.69 Å². The lowest BCUT2D eigenvalue weighted by Crippen LogP contribution is -2.33. The van der Waals surface area contributed by atoms with E-state index in [9.17, 15) is 4.79 Å². The molecule has 1 amide bonds. The number of hydrogen-bond acceptors (Lipinski definition) is 4. The molecule has 142 valence electrons. The number of hydrogen-bond donors (Lipinski definition) is 1. The van der Waals surface area contributed by atoms with Gasteiger partial charge in [0.05, 0.1) is 5.02 Å². The summed E-state index contributed by atoms with van der Waals surface area (Å²) in [6.07, 6.45) is 1.63. The average Bonchev–Trinajstić information content (AvgIpc) is 3.16. The first-order valence-electron chi connectivity index (χ1n) is 8.35. The molecule has 5 nitrogen and oxygen atoms in total. The van der Waals surface area contributed by atoms with E-state index in [-0.39, 0.29) is 12.5 Å². The summed E-state index contributed by atoms with van der Waals surface area (Å²) in [4.78, 5) is 14.0. The van der Waals surface area contributed by atoms with Crippen molar-refractivity contribution in [3.05, 3.63) is 57.6 Å². The Morgan fingerprint density at radius 2 is 2.07 bits per heavy atom. The Bertz CT molecular complexity index is 908. The highest BCUT2D eigenvalue weighted by Gasteiger charge is 2.31. The molecule has 1 aliphatic rings. The summed E-state index contributed by atoms with van der Waals surface area (Å²) >= 11 is 17.3. The second kappa shape index (κ2) is 8.33. The highest BCUT2D eigenvalue weighted by Crippen LogP contribution is 2.32. The Labute approximate surface area is 172 Å². The van der Waals surface area contributed by atoms with Crippen LogP contribution in [-0.2, 0) is 11.4 Å². The fourth-order valence-electron chi connectivity index (χ4n) is 2.54. The van der Waals surface area contributed by atoms with Gasteiger partial charge in [0.2, 0.25) is 0 Å². The van der Waals surface area contributed by atoms with Crippen LogP contribution in [0.1, 0.15) is 25.4 Å². The summed E-state index contributed by atoms with van der Waals surface area (Å²) in [6, 6.07) is 8.70. The third kappa shape index (κ3) is 4.64. The van der Waals surface area contributed by atoms with Gasteiger partial charge in [-0.05, 0) is 42.4 Å². The Morgan fingerprint density at radius 3 is 2.81 bits per heavy atom. The van der Waals surface area contributed by atoms with Gasteiger partial charge in [0.15, 0.2) is 5.11 Å². The standard InChI is InChI=1S/C19H18Cl2N2O3S/c1-11(2)9-23-18(24)15(22-19(23)27)8-12-6-7-13(26-12)10-25-16-5-3-4-14(20)17(16)21/h3-8,11H,9-10H2,1-2H3,(H,22,27)/b15-8+. The lowest BCUT2D eigenvalue weighted by Gasteiger charge is -2.15. The van der Waals surface area contributed by atoms with Crippen LogP contribution in [0.4, 0.5) is 0 Å². The zero-order valence-electron chi connectivity index (χ0n) is 14.8. The number of nitrogens with zero attached hydrogens (tertiary/aromatic N) is 1. The number of benzene rings is 1. The lowest BCUT2D eigenvalue weighted by atomic mass is 10.2. The van der Waals surface area contributed by atoms with E-state index in [1.54, 1.807) is 41.3 Å². The number of amides is 1. The lowest BCUT2D eigenvalue weighted by molar-refractivity contribution is -0.122. The molecule has 27 heavy (non-hydrogen) atoms. The smallest absolute Gasteiger partial charge is 0.276 e. The van der Waals surface area contributed by atoms with Crippen molar-refractivity contribution in [2.24, 2.45) is 5.92 Å². The fraction of sp³-hybridized carbons (Fsp3) is 0.263. The fourth-order valence-corrected chi connectivity index (χ4v) is 3.15. The Balaban J connectivity index is 1.67. The van der Waals surface area contributed by atoms with Crippen molar-refractivity contribution in [3.63, 3.8) is 0 Å². The molecule has 1 N–H and O–H groups in total. The van der Waals surface area contributed by atoms with Crippen LogP contribution in [0.2, 0.25) is 10.0 Å². The predicted molar refractivity (Wildman–Crippen MR) is 110 cm³/mol. The zero-order valence-corrected chi connectivity index (χ0v) is 17.1. The first-order valence-corrected chi connectivity index (χ1v) is 9.51. The summed E-state index contributed by atoms with van der Waals surface area (Å²) in [5, 5.41) is 4.12. The molecular formula is C19H18Cl2N2O3S. The molecule has 0 aliphatic carbocycles. The molecule has 2 heterocycles. The number of halogens is 2. The topological polar surface area (TPSA) is 54.7 Å². The van der Waals surface area contributed by atoms with Crippen LogP contribution in [0.5, 0.6) is 5.75 Å².